The van der Waals surface area contributed by atoms with Crippen molar-refractivity contribution in [1.29, 1.82) is 0 Å². The van der Waals surface area contributed by atoms with Crippen LogP contribution in [0.3, 0.4) is 0 Å². The van der Waals surface area contributed by atoms with Crippen molar-refractivity contribution < 1.29 is 9.53 Å². The maximum atomic E-state index is 11.3. The number of benzene rings is 1. The molecule has 1 amide bonds. The number of hydrogen-bond donors (Lipinski definition) is 1. The molecule has 7 heteroatoms. The van der Waals surface area contributed by atoms with Crippen LogP contribution in [-0.4, -0.2) is 32.7 Å². The van der Waals surface area contributed by atoms with Crippen LogP contribution >= 0.6 is 0 Å². The van der Waals surface area contributed by atoms with Crippen molar-refractivity contribution in [2.45, 2.75) is 39.2 Å². The van der Waals surface area contributed by atoms with Gasteiger partial charge in [-0.2, -0.15) is 0 Å². The van der Waals surface area contributed by atoms with Gasteiger partial charge < -0.3 is 10.1 Å². The molecule has 7 nitrogen and oxygen atoms in total. The highest BCUT2D eigenvalue weighted by atomic mass is 16.5. The smallest absolute Gasteiger partial charge is 0.224 e. The lowest BCUT2D eigenvalue weighted by Crippen LogP contribution is -2.18. The van der Waals surface area contributed by atoms with E-state index in [1.54, 1.807) is 4.68 Å². The molecule has 0 spiro atoms. The van der Waals surface area contributed by atoms with E-state index in [-0.39, 0.29) is 5.91 Å². The zero-order valence-corrected chi connectivity index (χ0v) is 12.6. The molecule has 116 valence electrons. The second kappa shape index (κ2) is 6.55. The second-order valence-electron chi connectivity index (χ2n) is 5.23. The first kappa shape index (κ1) is 14.5. The van der Waals surface area contributed by atoms with Crippen LogP contribution < -0.4 is 10.1 Å². The van der Waals surface area contributed by atoms with Crippen LogP contribution in [0.1, 0.15) is 31.2 Å². The Kier molecular flexibility index (Phi) is 4.32. The summed E-state index contributed by atoms with van der Waals surface area (Å²) in [7, 11) is 0. The van der Waals surface area contributed by atoms with E-state index in [0.29, 0.717) is 13.0 Å². The van der Waals surface area contributed by atoms with Gasteiger partial charge in [0.25, 0.3) is 0 Å². The number of nitrogens with one attached hydrogen (secondary N) is 1. The third kappa shape index (κ3) is 3.24. The Morgan fingerprint density at radius 1 is 1.36 bits per heavy atom. The number of fused-ring (bicyclic) bond motifs is 1. The van der Waals surface area contributed by atoms with Gasteiger partial charge in [-0.15, -0.1) is 5.10 Å². The van der Waals surface area contributed by atoms with Crippen molar-refractivity contribution in [2.75, 3.05) is 11.9 Å². The lowest BCUT2D eigenvalue weighted by atomic mass is 10.0. The van der Waals surface area contributed by atoms with Gasteiger partial charge in [-0.05, 0) is 54.0 Å². The Morgan fingerprint density at radius 3 is 3.14 bits per heavy atom. The Bertz CT molecular complexity index is 668. The van der Waals surface area contributed by atoms with Gasteiger partial charge in [0.15, 0.2) is 5.82 Å². The molecule has 1 aliphatic heterocycles. The first-order valence-electron chi connectivity index (χ1n) is 7.57. The molecule has 0 bridgehead atoms. The monoisotopic (exact) mass is 301 g/mol. The number of tetrazole rings is 1. The number of anilines is 1. The number of rotatable bonds is 6. The molecule has 1 aliphatic rings. The molecule has 1 aromatic carbocycles. The van der Waals surface area contributed by atoms with Crippen LogP contribution in [0.25, 0.3) is 0 Å². The van der Waals surface area contributed by atoms with Crippen molar-refractivity contribution in [2.24, 2.45) is 0 Å². The standard InChI is InChI=1S/C15H19N5O2/c1-2-20-14(17-18-19-20)4-3-9-22-12-6-7-13-11(10-12)5-8-15(21)16-13/h6-7,10H,2-5,8-9H2,1H3,(H,16,21). The van der Waals surface area contributed by atoms with E-state index in [1.807, 2.05) is 25.1 Å². The minimum atomic E-state index is 0.0785. The Hall–Kier alpha value is -2.44. The zero-order chi connectivity index (χ0) is 15.4. The van der Waals surface area contributed by atoms with Gasteiger partial charge in [0, 0.05) is 25.1 Å². The predicted molar refractivity (Wildman–Crippen MR) is 80.7 cm³/mol. The van der Waals surface area contributed by atoms with Gasteiger partial charge in [0.1, 0.15) is 5.75 Å². The topological polar surface area (TPSA) is 81.9 Å². The number of hydrogen-bond acceptors (Lipinski definition) is 5. The maximum Gasteiger partial charge on any atom is 0.224 e. The van der Waals surface area contributed by atoms with E-state index in [0.717, 1.165) is 48.6 Å². The number of nitrogens with zero attached hydrogens (tertiary/aromatic N) is 4. The fourth-order valence-corrected chi connectivity index (χ4v) is 2.52. The summed E-state index contributed by atoms with van der Waals surface area (Å²) in [5.41, 5.74) is 2.03. The zero-order valence-electron chi connectivity index (χ0n) is 12.6. The quantitative estimate of drug-likeness (QED) is 0.819. The van der Waals surface area contributed by atoms with Gasteiger partial charge in [-0.3, -0.25) is 4.79 Å². The van der Waals surface area contributed by atoms with E-state index in [1.165, 1.54) is 0 Å². The van der Waals surface area contributed by atoms with Crippen LogP contribution in [0.5, 0.6) is 5.75 Å². The fraction of sp³-hybridized carbons (Fsp3) is 0.467. The molecule has 1 N–H and O–H groups in total. The van der Waals surface area contributed by atoms with E-state index in [2.05, 4.69) is 20.8 Å². The fourth-order valence-electron chi connectivity index (χ4n) is 2.52. The molecule has 0 unspecified atom stereocenters. The first-order chi connectivity index (χ1) is 10.8. The molecule has 0 saturated heterocycles. The van der Waals surface area contributed by atoms with E-state index >= 15 is 0 Å². The van der Waals surface area contributed by atoms with Crippen molar-refractivity contribution in [3.05, 3.63) is 29.6 Å². The summed E-state index contributed by atoms with van der Waals surface area (Å²) in [6.07, 6.45) is 2.95. The third-order valence-corrected chi connectivity index (χ3v) is 3.69. The summed E-state index contributed by atoms with van der Waals surface area (Å²) < 4.78 is 7.57. The van der Waals surface area contributed by atoms with Crippen LogP contribution in [0.4, 0.5) is 5.69 Å². The van der Waals surface area contributed by atoms with Crippen molar-refractivity contribution in [3.63, 3.8) is 0 Å². The summed E-state index contributed by atoms with van der Waals surface area (Å²) >= 11 is 0. The number of carbonyl (C=O) groups excluding carboxylic acids is 1. The summed E-state index contributed by atoms with van der Waals surface area (Å²) in [6, 6.07) is 5.80. The highest BCUT2D eigenvalue weighted by Crippen LogP contribution is 2.26. The molecule has 1 aromatic heterocycles. The maximum absolute atomic E-state index is 11.3. The number of carbonyl (C=O) groups is 1. The Balaban J connectivity index is 1.51. The summed E-state index contributed by atoms with van der Waals surface area (Å²) in [5.74, 6) is 1.80. The average molecular weight is 301 g/mol. The normalized spacial score (nSPS) is 13.6. The first-order valence-corrected chi connectivity index (χ1v) is 7.57. The average Bonchev–Trinajstić information content (AvgIpc) is 2.99. The SMILES string of the molecule is CCn1nnnc1CCCOc1ccc2c(c1)CCC(=O)N2. The van der Waals surface area contributed by atoms with Crippen LogP contribution in [0.15, 0.2) is 18.2 Å². The molecule has 2 heterocycles. The molecule has 22 heavy (non-hydrogen) atoms. The Morgan fingerprint density at radius 2 is 2.27 bits per heavy atom. The highest BCUT2D eigenvalue weighted by Gasteiger charge is 2.15. The number of amides is 1. The van der Waals surface area contributed by atoms with E-state index < -0.39 is 0 Å². The minimum Gasteiger partial charge on any atom is -0.494 e. The number of aryl methyl sites for hydroxylation is 3. The van der Waals surface area contributed by atoms with Crippen molar-refractivity contribution in [1.82, 2.24) is 20.2 Å². The molecule has 3 rings (SSSR count). The van der Waals surface area contributed by atoms with Gasteiger partial charge in [0.2, 0.25) is 5.91 Å². The molecule has 0 radical (unpaired) electrons. The van der Waals surface area contributed by atoms with Gasteiger partial charge in [-0.1, -0.05) is 0 Å². The van der Waals surface area contributed by atoms with Crippen molar-refractivity contribution in [3.8, 4) is 5.75 Å². The molecule has 2 aromatic rings. The van der Waals surface area contributed by atoms with Crippen LogP contribution in [0.2, 0.25) is 0 Å². The minimum absolute atomic E-state index is 0.0785. The summed E-state index contributed by atoms with van der Waals surface area (Å²) in [6.45, 7) is 3.41. The second-order valence-corrected chi connectivity index (χ2v) is 5.23. The van der Waals surface area contributed by atoms with Crippen LogP contribution in [-0.2, 0) is 24.2 Å². The molecular formula is C15H19N5O2. The summed E-state index contributed by atoms with van der Waals surface area (Å²) in [5, 5.41) is 14.4. The van der Waals surface area contributed by atoms with E-state index in [9.17, 15) is 4.79 Å². The third-order valence-electron chi connectivity index (χ3n) is 3.69. The van der Waals surface area contributed by atoms with Gasteiger partial charge >= 0.3 is 0 Å². The molecule has 0 atom stereocenters. The molecule has 0 saturated carbocycles. The lowest BCUT2D eigenvalue weighted by molar-refractivity contribution is -0.116. The predicted octanol–water partition coefficient (Wildman–Crippen LogP) is 1.59. The van der Waals surface area contributed by atoms with Crippen LogP contribution in [0, 0.1) is 0 Å². The van der Waals surface area contributed by atoms with E-state index in [4.69, 9.17) is 4.74 Å². The molecular weight excluding hydrogens is 282 g/mol. The summed E-state index contributed by atoms with van der Waals surface area (Å²) in [4.78, 5) is 11.3. The van der Waals surface area contributed by atoms with Crippen molar-refractivity contribution >= 4 is 11.6 Å². The van der Waals surface area contributed by atoms with Gasteiger partial charge in [-0.25, -0.2) is 4.68 Å². The number of aromatic nitrogens is 4. The Labute approximate surface area is 128 Å². The largest absolute Gasteiger partial charge is 0.494 e. The van der Waals surface area contributed by atoms with Gasteiger partial charge in [0.05, 0.1) is 6.61 Å². The molecule has 0 aliphatic carbocycles. The highest BCUT2D eigenvalue weighted by molar-refractivity contribution is 5.93. The number of ether oxygens (including phenoxy) is 1. The molecule has 0 fully saturated rings. The lowest BCUT2D eigenvalue weighted by Gasteiger charge is -2.17.